The van der Waals surface area contributed by atoms with Gasteiger partial charge in [0.15, 0.2) is 11.7 Å². The molecule has 4 nitrogen and oxygen atoms in total. The molecule has 0 N–H and O–H groups in total. The monoisotopic (exact) mass is 231 g/mol. The van der Waals surface area contributed by atoms with E-state index in [0.29, 0.717) is 11.7 Å². The molecule has 12 heavy (non-hydrogen) atoms. The van der Waals surface area contributed by atoms with Gasteiger partial charge in [0.2, 0.25) is 0 Å². The number of hydrogen-bond donors (Lipinski definition) is 0. The molecular weight excluding hydrogens is 222 g/mol. The largest absolute Gasteiger partial charge is 0.484 e. The lowest BCUT2D eigenvalue weighted by atomic mass is 10.6. The van der Waals surface area contributed by atoms with E-state index < -0.39 is 0 Å². The molecule has 0 saturated carbocycles. The molecule has 0 fully saturated rings. The van der Waals surface area contributed by atoms with Crippen molar-refractivity contribution in [1.29, 1.82) is 0 Å². The Hall–Kier alpha value is -0.840. The van der Waals surface area contributed by atoms with Crippen molar-refractivity contribution in [3.63, 3.8) is 0 Å². The number of methoxy groups -OCH3 is 1. The van der Waals surface area contributed by atoms with Gasteiger partial charge in [-0.25, -0.2) is 0 Å². The molecule has 0 unspecified atom stereocenters. The molecule has 0 amide bonds. The van der Waals surface area contributed by atoms with Crippen molar-refractivity contribution in [3.05, 3.63) is 10.7 Å². The first kappa shape index (κ1) is 9.25. The quantitative estimate of drug-likeness (QED) is 0.547. The van der Waals surface area contributed by atoms with Gasteiger partial charge >= 0.3 is 0 Å². The molecule has 0 atom stereocenters. The minimum Gasteiger partial charge on any atom is -0.484 e. The third-order valence-electron chi connectivity index (χ3n) is 1.33. The number of aliphatic imine (C=N–C) groups is 1. The van der Waals surface area contributed by atoms with Crippen molar-refractivity contribution < 1.29 is 4.74 Å². The Morgan fingerprint density at radius 3 is 2.83 bits per heavy atom. The summed E-state index contributed by atoms with van der Waals surface area (Å²) in [7, 11) is 3.42. The smallest absolute Gasteiger partial charge is 0.191 e. The summed E-state index contributed by atoms with van der Waals surface area (Å²) < 4.78 is 7.45. The van der Waals surface area contributed by atoms with Crippen LogP contribution in [0.25, 0.3) is 0 Å². The summed E-state index contributed by atoms with van der Waals surface area (Å²) >= 11 is 3.33. The van der Waals surface area contributed by atoms with Crippen molar-refractivity contribution >= 4 is 27.6 Å². The molecule has 0 aliphatic heterocycles. The molecule has 1 rings (SSSR count). The van der Waals surface area contributed by atoms with Crippen molar-refractivity contribution in [1.82, 2.24) is 9.78 Å². The lowest BCUT2D eigenvalue weighted by Crippen LogP contribution is -1.92. The van der Waals surface area contributed by atoms with E-state index in [1.807, 2.05) is 13.2 Å². The average molecular weight is 232 g/mol. The zero-order chi connectivity index (χ0) is 9.14. The molecule has 0 radical (unpaired) electrons. The minimum absolute atomic E-state index is 0.592. The van der Waals surface area contributed by atoms with Crippen LogP contribution in [0.5, 0.6) is 0 Å². The van der Waals surface area contributed by atoms with Crippen molar-refractivity contribution in [2.24, 2.45) is 12.0 Å². The van der Waals surface area contributed by atoms with Gasteiger partial charge in [-0.15, -0.1) is 0 Å². The number of aryl methyl sites for hydroxylation is 1. The first-order chi connectivity index (χ1) is 5.63. The maximum atomic E-state index is 4.90. The topological polar surface area (TPSA) is 39.4 Å². The first-order valence-corrected chi connectivity index (χ1v) is 4.21. The van der Waals surface area contributed by atoms with Crippen LogP contribution in [0.4, 0.5) is 5.82 Å². The lowest BCUT2D eigenvalue weighted by Gasteiger charge is -1.94. The highest BCUT2D eigenvalue weighted by Crippen LogP contribution is 2.22. The number of halogens is 1. The minimum atomic E-state index is 0.592. The molecule has 66 valence electrons. The van der Waals surface area contributed by atoms with Gasteiger partial charge in [0.05, 0.1) is 11.6 Å². The Morgan fingerprint density at radius 1 is 1.75 bits per heavy atom. The average Bonchev–Trinajstić information content (AvgIpc) is 2.30. The summed E-state index contributed by atoms with van der Waals surface area (Å²) in [6, 6.07) is 0. The Kier molecular flexibility index (Phi) is 2.86. The number of hydrogen-bond acceptors (Lipinski definition) is 3. The maximum absolute atomic E-state index is 4.90. The van der Waals surface area contributed by atoms with Crippen LogP contribution in [-0.4, -0.2) is 22.8 Å². The highest BCUT2D eigenvalue weighted by molar-refractivity contribution is 9.10. The van der Waals surface area contributed by atoms with Gasteiger partial charge in [0.1, 0.15) is 0 Å². The molecule has 1 aromatic rings. The van der Waals surface area contributed by atoms with Gasteiger partial charge < -0.3 is 4.74 Å². The molecular formula is C7H10BrN3O. The second kappa shape index (κ2) is 3.71. The van der Waals surface area contributed by atoms with E-state index in [9.17, 15) is 0 Å². The summed E-state index contributed by atoms with van der Waals surface area (Å²) in [5.41, 5.74) is 0. The highest BCUT2D eigenvalue weighted by Gasteiger charge is 2.02. The van der Waals surface area contributed by atoms with Crippen molar-refractivity contribution in [2.75, 3.05) is 7.11 Å². The van der Waals surface area contributed by atoms with Crippen LogP contribution in [0.2, 0.25) is 0 Å². The fraction of sp³-hybridized carbons (Fsp3) is 0.429. The van der Waals surface area contributed by atoms with Gasteiger partial charge in [-0.2, -0.15) is 10.1 Å². The second-order valence-electron chi connectivity index (χ2n) is 2.31. The fourth-order valence-electron chi connectivity index (χ4n) is 0.718. The van der Waals surface area contributed by atoms with Gasteiger partial charge in [-0.05, 0) is 15.9 Å². The van der Waals surface area contributed by atoms with E-state index in [1.165, 1.54) is 0 Å². The molecule has 0 aliphatic rings. The molecule has 0 saturated heterocycles. The van der Waals surface area contributed by atoms with E-state index in [-0.39, 0.29) is 0 Å². The first-order valence-electron chi connectivity index (χ1n) is 3.42. The molecule has 1 heterocycles. The van der Waals surface area contributed by atoms with E-state index in [0.717, 1.165) is 4.47 Å². The van der Waals surface area contributed by atoms with Crippen LogP contribution in [0.1, 0.15) is 6.92 Å². The second-order valence-corrected chi connectivity index (χ2v) is 3.16. The molecule has 0 aromatic carbocycles. The normalized spacial score (nSPS) is 11.8. The summed E-state index contributed by atoms with van der Waals surface area (Å²) in [5.74, 6) is 1.23. The Morgan fingerprint density at radius 2 is 2.42 bits per heavy atom. The van der Waals surface area contributed by atoms with Crippen molar-refractivity contribution in [3.8, 4) is 0 Å². The van der Waals surface area contributed by atoms with Crippen LogP contribution in [0, 0.1) is 0 Å². The number of aromatic nitrogens is 2. The standard InChI is InChI=1S/C7H10BrN3O/c1-5(12-3)9-7-6(8)4-11(2)10-7/h4H,1-3H3/b9-5+. The van der Waals surface area contributed by atoms with Crippen LogP contribution in [-0.2, 0) is 11.8 Å². The van der Waals surface area contributed by atoms with Crippen LogP contribution in [0.3, 0.4) is 0 Å². The van der Waals surface area contributed by atoms with Gasteiger partial charge in [0, 0.05) is 20.2 Å². The molecule has 5 heteroatoms. The molecule has 0 aliphatic carbocycles. The highest BCUT2D eigenvalue weighted by atomic mass is 79.9. The predicted molar refractivity (Wildman–Crippen MR) is 50.7 cm³/mol. The van der Waals surface area contributed by atoms with E-state index in [1.54, 1.807) is 18.7 Å². The summed E-state index contributed by atoms with van der Waals surface area (Å²) in [5, 5.41) is 4.10. The number of ether oxygens (including phenoxy) is 1. The third-order valence-corrected chi connectivity index (χ3v) is 1.88. The van der Waals surface area contributed by atoms with E-state index in [2.05, 4.69) is 26.0 Å². The molecule has 1 aromatic heterocycles. The fourth-order valence-corrected chi connectivity index (χ4v) is 1.18. The summed E-state index contributed by atoms with van der Waals surface area (Å²) in [6.07, 6.45) is 1.84. The van der Waals surface area contributed by atoms with E-state index in [4.69, 9.17) is 4.74 Å². The van der Waals surface area contributed by atoms with Gasteiger partial charge in [0.25, 0.3) is 0 Å². The zero-order valence-corrected chi connectivity index (χ0v) is 8.79. The maximum Gasteiger partial charge on any atom is 0.191 e. The summed E-state index contributed by atoms with van der Waals surface area (Å²) in [6.45, 7) is 1.78. The van der Waals surface area contributed by atoms with Gasteiger partial charge in [-0.1, -0.05) is 0 Å². The van der Waals surface area contributed by atoms with Crippen LogP contribution in [0.15, 0.2) is 15.7 Å². The Balaban J connectivity index is 2.95. The van der Waals surface area contributed by atoms with Crippen molar-refractivity contribution in [2.45, 2.75) is 6.92 Å². The number of rotatable bonds is 1. The Bertz CT molecular complexity index is 306. The Labute approximate surface area is 79.4 Å². The van der Waals surface area contributed by atoms with Crippen LogP contribution >= 0.6 is 15.9 Å². The predicted octanol–water partition coefficient (Wildman–Crippen LogP) is 1.88. The zero-order valence-electron chi connectivity index (χ0n) is 7.21. The number of nitrogens with zero attached hydrogens (tertiary/aromatic N) is 3. The lowest BCUT2D eigenvalue weighted by molar-refractivity contribution is 0.400. The van der Waals surface area contributed by atoms with Gasteiger partial charge in [-0.3, -0.25) is 4.68 Å². The van der Waals surface area contributed by atoms with Crippen LogP contribution < -0.4 is 0 Å². The molecule has 0 bridgehead atoms. The SMILES string of the molecule is CO/C(C)=N/c1nn(C)cc1Br. The van der Waals surface area contributed by atoms with E-state index >= 15 is 0 Å². The summed E-state index contributed by atoms with van der Waals surface area (Å²) in [4.78, 5) is 4.11. The third kappa shape index (κ3) is 2.07. The molecule has 0 spiro atoms.